The van der Waals surface area contributed by atoms with Crippen LogP contribution in [0.5, 0.6) is 0 Å². The van der Waals surface area contributed by atoms with Gasteiger partial charge in [-0.1, -0.05) is 18.2 Å². The van der Waals surface area contributed by atoms with Crippen LogP contribution < -0.4 is 15.1 Å². The number of pyridine rings is 1. The van der Waals surface area contributed by atoms with E-state index >= 15 is 0 Å². The minimum absolute atomic E-state index is 0.0669. The molecule has 0 unspecified atom stereocenters. The molecule has 2 fully saturated rings. The number of hydrogen-bond donors (Lipinski definition) is 1. The van der Waals surface area contributed by atoms with Crippen molar-refractivity contribution in [1.29, 1.82) is 0 Å². The Bertz CT molecular complexity index is 717. The van der Waals surface area contributed by atoms with E-state index in [-0.39, 0.29) is 5.91 Å². The monoisotopic (exact) mass is 308 g/mol. The molecule has 1 aromatic heterocycles. The summed E-state index contributed by atoms with van der Waals surface area (Å²) >= 11 is 0. The van der Waals surface area contributed by atoms with Crippen molar-refractivity contribution in [1.82, 2.24) is 10.3 Å². The maximum Gasteiger partial charge on any atom is 0.251 e. The second kappa shape index (κ2) is 5.26. The Labute approximate surface area is 135 Å². The highest BCUT2D eigenvalue weighted by atomic mass is 16.1. The standard InChI is InChI=1S/C18H20N4O/c1-19-17(23)14-7-8-20-16(9-14)22-12-18(13-22)10-21(11-18)15-5-3-2-4-6-15/h2-9H,10-13H2,1H3,(H,19,23). The minimum atomic E-state index is -0.0669. The summed E-state index contributed by atoms with van der Waals surface area (Å²) in [6.07, 6.45) is 1.71. The molecule has 23 heavy (non-hydrogen) atoms. The number of amides is 1. The SMILES string of the molecule is CNC(=O)c1ccnc(N2CC3(CN(c4ccccc4)C3)C2)c1. The van der Waals surface area contributed by atoms with Gasteiger partial charge in [0, 0.05) is 56.1 Å². The predicted molar refractivity (Wildman–Crippen MR) is 90.9 cm³/mol. The minimum Gasteiger partial charge on any atom is -0.370 e. The van der Waals surface area contributed by atoms with E-state index in [4.69, 9.17) is 0 Å². The fourth-order valence-corrected chi connectivity index (χ4v) is 3.59. The van der Waals surface area contributed by atoms with Gasteiger partial charge in [-0.05, 0) is 24.3 Å². The summed E-state index contributed by atoms with van der Waals surface area (Å²) in [6, 6.07) is 14.2. The van der Waals surface area contributed by atoms with Gasteiger partial charge < -0.3 is 15.1 Å². The summed E-state index contributed by atoms with van der Waals surface area (Å²) in [6.45, 7) is 4.23. The molecule has 0 saturated carbocycles. The summed E-state index contributed by atoms with van der Waals surface area (Å²) < 4.78 is 0. The van der Waals surface area contributed by atoms with Crippen LogP contribution in [0.1, 0.15) is 10.4 Å². The Morgan fingerprint density at radius 1 is 1.09 bits per heavy atom. The molecule has 4 rings (SSSR count). The Balaban J connectivity index is 1.38. The van der Waals surface area contributed by atoms with Gasteiger partial charge in [0.1, 0.15) is 5.82 Å². The molecule has 3 heterocycles. The topological polar surface area (TPSA) is 48.5 Å². The molecule has 5 heteroatoms. The van der Waals surface area contributed by atoms with E-state index in [9.17, 15) is 4.79 Å². The Morgan fingerprint density at radius 2 is 1.78 bits per heavy atom. The zero-order chi connectivity index (χ0) is 15.9. The first-order chi connectivity index (χ1) is 11.2. The molecule has 1 spiro atoms. The summed E-state index contributed by atoms with van der Waals surface area (Å²) in [7, 11) is 1.65. The van der Waals surface area contributed by atoms with E-state index in [0.29, 0.717) is 11.0 Å². The van der Waals surface area contributed by atoms with Crippen molar-refractivity contribution in [3.63, 3.8) is 0 Å². The van der Waals surface area contributed by atoms with Crippen molar-refractivity contribution in [2.45, 2.75) is 0 Å². The first kappa shape index (κ1) is 14.1. The van der Waals surface area contributed by atoms with Crippen LogP contribution in [0.15, 0.2) is 48.7 Å². The van der Waals surface area contributed by atoms with Crippen LogP contribution in [0.4, 0.5) is 11.5 Å². The maximum absolute atomic E-state index is 11.7. The van der Waals surface area contributed by atoms with Crippen molar-refractivity contribution >= 4 is 17.4 Å². The van der Waals surface area contributed by atoms with Crippen LogP contribution in [-0.4, -0.2) is 44.1 Å². The Kier molecular flexibility index (Phi) is 3.22. The predicted octanol–water partition coefficient (Wildman–Crippen LogP) is 1.77. The quantitative estimate of drug-likeness (QED) is 0.939. The number of hydrogen-bond acceptors (Lipinski definition) is 4. The fourth-order valence-electron chi connectivity index (χ4n) is 3.59. The molecule has 1 amide bonds. The maximum atomic E-state index is 11.7. The van der Waals surface area contributed by atoms with Crippen LogP contribution in [0.25, 0.3) is 0 Å². The lowest BCUT2D eigenvalue weighted by molar-refractivity contribution is 0.0963. The average Bonchev–Trinajstić information content (AvgIpc) is 2.53. The fraction of sp³-hybridized carbons (Fsp3) is 0.333. The van der Waals surface area contributed by atoms with Crippen LogP contribution in [0.3, 0.4) is 0 Å². The summed E-state index contributed by atoms with van der Waals surface area (Å²) in [4.78, 5) is 20.8. The highest BCUT2D eigenvalue weighted by Crippen LogP contribution is 2.43. The zero-order valence-corrected chi connectivity index (χ0v) is 13.2. The van der Waals surface area contributed by atoms with E-state index < -0.39 is 0 Å². The number of para-hydroxylation sites is 1. The largest absolute Gasteiger partial charge is 0.370 e. The molecule has 0 radical (unpaired) electrons. The number of anilines is 2. The molecule has 0 aliphatic carbocycles. The number of nitrogens with zero attached hydrogens (tertiary/aromatic N) is 3. The van der Waals surface area contributed by atoms with Gasteiger partial charge in [0.05, 0.1) is 0 Å². The molecule has 0 bridgehead atoms. The number of carbonyl (C=O) groups excluding carboxylic acids is 1. The second-order valence-electron chi connectivity index (χ2n) is 6.53. The molecular formula is C18H20N4O. The number of aromatic nitrogens is 1. The van der Waals surface area contributed by atoms with Gasteiger partial charge in [-0.15, -0.1) is 0 Å². The molecule has 2 aliphatic rings. The number of rotatable bonds is 3. The third-order valence-electron chi connectivity index (χ3n) is 4.79. The lowest BCUT2D eigenvalue weighted by Crippen LogP contribution is -2.72. The highest BCUT2D eigenvalue weighted by Gasteiger charge is 2.52. The van der Waals surface area contributed by atoms with Crippen molar-refractivity contribution in [3.05, 3.63) is 54.2 Å². The lowest BCUT2D eigenvalue weighted by Gasteiger charge is -2.61. The van der Waals surface area contributed by atoms with Crippen LogP contribution in [-0.2, 0) is 0 Å². The summed E-state index contributed by atoms with van der Waals surface area (Å²) in [5.74, 6) is 0.831. The first-order valence-corrected chi connectivity index (χ1v) is 7.92. The number of nitrogens with one attached hydrogen (secondary N) is 1. The lowest BCUT2D eigenvalue weighted by atomic mass is 9.72. The second-order valence-corrected chi connectivity index (χ2v) is 6.53. The smallest absolute Gasteiger partial charge is 0.251 e. The summed E-state index contributed by atoms with van der Waals surface area (Å²) in [5, 5.41) is 2.65. The molecular weight excluding hydrogens is 288 g/mol. The third-order valence-corrected chi connectivity index (χ3v) is 4.79. The van der Waals surface area contributed by atoms with Gasteiger partial charge in [0.15, 0.2) is 0 Å². The van der Waals surface area contributed by atoms with Gasteiger partial charge >= 0.3 is 0 Å². The van der Waals surface area contributed by atoms with Gasteiger partial charge in [0.25, 0.3) is 5.91 Å². The molecule has 1 N–H and O–H groups in total. The number of benzene rings is 1. The molecule has 2 aromatic rings. The van der Waals surface area contributed by atoms with Crippen molar-refractivity contribution in [2.75, 3.05) is 43.0 Å². The molecule has 1 aromatic carbocycles. The van der Waals surface area contributed by atoms with Crippen LogP contribution in [0.2, 0.25) is 0 Å². The van der Waals surface area contributed by atoms with Gasteiger partial charge in [-0.2, -0.15) is 0 Å². The average molecular weight is 308 g/mol. The van der Waals surface area contributed by atoms with Crippen molar-refractivity contribution in [2.24, 2.45) is 5.41 Å². The van der Waals surface area contributed by atoms with E-state index in [1.165, 1.54) is 5.69 Å². The van der Waals surface area contributed by atoms with E-state index in [1.54, 1.807) is 19.3 Å². The van der Waals surface area contributed by atoms with Gasteiger partial charge in [0.2, 0.25) is 0 Å². The highest BCUT2D eigenvalue weighted by molar-refractivity contribution is 5.94. The zero-order valence-electron chi connectivity index (χ0n) is 13.2. The van der Waals surface area contributed by atoms with E-state index in [2.05, 4.69) is 50.4 Å². The normalized spacial score (nSPS) is 18.3. The van der Waals surface area contributed by atoms with Crippen LogP contribution >= 0.6 is 0 Å². The molecule has 118 valence electrons. The summed E-state index contributed by atoms with van der Waals surface area (Å²) in [5.41, 5.74) is 2.36. The van der Waals surface area contributed by atoms with Gasteiger partial charge in [-0.25, -0.2) is 4.98 Å². The molecule has 0 atom stereocenters. The molecule has 5 nitrogen and oxygen atoms in total. The van der Waals surface area contributed by atoms with Gasteiger partial charge in [-0.3, -0.25) is 4.79 Å². The Morgan fingerprint density at radius 3 is 2.48 bits per heavy atom. The van der Waals surface area contributed by atoms with E-state index in [1.807, 2.05) is 6.07 Å². The molecule has 2 aliphatic heterocycles. The third kappa shape index (κ3) is 2.42. The number of carbonyl (C=O) groups is 1. The van der Waals surface area contributed by atoms with Crippen LogP contribution in [0, 0.1) is 5.41 Å². The Hall–Kier alpha value is -2.56. The van der Waals surface area contributed by atoms with E-state index in [0.717, 1.165) is 32.0 Å². The molecule has 2 saturated heterocycles. The van der Waals surface area contributed by atoms with Crippen molar-refractivity contribution in [3.8, 4) is 0 Å². The first-order valence-electron chi connectivity index (χ1n) is 7.92. The van der Waals surface area contributed by atoms with Crippen molar-refractivity contribution < 1.29 is 4.79 Å².